The van der Waals surface area contributed by atoms with Gasteiger partial charge in [-0.05, 0) is 31.2 Å². The fraction of sp³-hybridized carbons (Fsp3) is 0.417. The van der Waals surface area contributed by atoms with Gasteiger partial charge in [-0.15, -0.1) is 0 Å². The van der Waals surface area contributed by atoms with Crippen LogP contribution in [0.5, 0.6) is 0 Å². The van der Waals surface area contributed by atoms with Gasteiger partial charge in [-0.2, -0.15) is 0 Å². The van der Waals surface area contributed by atoms with Crippen molar-refractivity contribution < 1.29 is 9.90 Å². The summed E-state index contributed by atoms with van der Waals surface area (Å²) in [5.41, 5.74) is 7.11. The number of hydrogen-bond acceptors (Lipinski definition) is 4. The van der Waals surface area contributed by atoms with Crippen molar-refractivity contribution in [1.29, 1.82) is 0 Å². The number of ketones is 1. The monoisotopic (exact) mass is 222 g/mol. The first-order valence-corrected chi connectivity index (χ1v) is 5.28. The predicted molar refractivity (Wildman–Crippen MR) is 64.8 cm³/mol. The molecule has 0 aliphatic rings. The summed E-state index contributed by atoms with van der Waals surface area (Å²) in [6.45, 7) is 2.35. The SMILES string of the molecule is CC(N)C(=O)c1ccc(N(C)CCO)cc1. The number of aliphatic hydroxyl groups excluding tert-OH is 1. The van der Waals surface area contributed by atoms with Crippen molar-refractivity contribution in [3.8, 4) is 0 Å². The van der Waals surface area contributed by atoms with Crippen LogP contribution in [0.1, 0.15) is 17.3 Å². The normalized spacial score (nSPS) is 12.2. The van der Waals surface area contributed by atoms with Gasteiger partial charge < -0.3 is 15.7 Å². The van der Waals surface area contributed by atoms with Gasteiger partial charge in [0.25, 0.3) is 0 Å². The lowest BCUT2D eigenvalue weighted by Gasteiger charge is -2.18. The average molecular weight is 222 g/mol. The number of benzene rings is 1. The molecule has 1 rings (SSSR count). The van der Waals surface area contributed by atoms with Gasteiger partial charge in [-0.1, -0.05) is 0 Å². The summed E-state index contributed by atoms with van der Waals surface area (Å²) >= 11 is 0. The molecule has 88 valence electrons. The number of anilines is 1. The first kappa shape index (κ1) is 12.7. The van der Waals surface area contributed by atoms with Gasteiger partial charge in [0.2, 0.25) is 0 Å². The lowest BCUT2D eigenvalue weighted by atomic mass is 10.1. The second-order valence-electron chi connectivity index (χ2n) is 3.84. The second kappa shape index (κ2) is 5.63. The molecule has 0 saturated heterocycles. The molecule has 3 N–H and O–H groups in total. The maximum absolute atomic E-state index is 11.6. The van der Waals surface area contributed by atoms with Crippen molar-refractivity contribution in [1.82, 2.24) is 0 Å². The molecule has 0 bridgehead atoms. The summed E-state index contributed by atoms with van der Waals surface area (Å²) in [5, 5.41) is 8.80. The lowest BCUT2D eigenvalue weighted by molar-refractivity contribution is 0.0968. The van der Waals surface area contributed by atoms with E-state index in [0.717, 1.165) is 5.69 Å². The standard InChI is InChI=1S/C12H18N2O2/c1-9(13)12(16)10-3-5-11(6-4-10)14(2)7-8-15/h3-6,9,15H,7-8,13H2,1-2H3. The summed E-state index contributed by atoms with van der Waals surface area (Å²) in [6.07, 6.45) is 0. The third kappa shape index (κ3) is 3.05. The molecule has 0 saturated carbocycles. The molecule has 0 aliphatic carbocycles. The zero-order valence-electron chi connectivity index (χ0n) is 9.68. The van der Waals surface area contributed by atoms with Gasteiger partial charge in [0.05, 0.1) is 12.6 Å². The number of nitrogens with zero attached hydrogens (tertiary/aromatic N) is 1. The maximum Gasteiger partial charge on any atom is 0.179 e. The molecular formula is C12H18N2O2. The van der Waals surface area contributed by atoms with Gasteiger partial charge in [0.1, 0.15) is 0 Å². The van der Waals surface area contributed by atoms with Crippen LogP contribution in [0.25, 0.3) is 0 Å². The van der Waals surface area contributed by atoms with E-state index in [9.17, 15) is 4.79 Å². The number of carbonyl (C=O) groups is 1. The van der Waals surface area contributed by atoms with Crippen molar-refractivity contribution in [2.24, 2.45) is 5.73 Å². The van der Waals surface area contributed by atoms with Gasteiger partial charge in [-0.3, -0.25) is 4.79 Å². The number of hydrogen-bond donors (Lipinski definition) is 2. The van der Waals surface area contributed by atoms with Gasteiger partial charge in [-0.25, -0.2) is 0 Å². The van der Waals surface area contributed by atoms with Crippen LogP contribution < -0.4 is 10.6 Å². The zero-order chi connectivity index (χ0) is 12.1. The molecule has 0 aromatic heterocycles. The molecule has 0 amide bonds. The second-order valence-corrected chi connectivity index (χ2v) is 3.84. The quantitative estimate of drug-likeness (QED) is 0.718. The van der Waals surface area contributed by atoms with E-state index in [0.29, 0.717) is 12.1 Å². The van der Waals surface area contributed by atoms with Crippen molar-refractivity contribution in [2.45, 2.75) is 13.0 Å². The Balaban J connectivity index is 2.79. The van der Waals surface area contributed by atoms with E-state index in [1.807, 2.05) is 24.1 Å². The van der Waals surface area contributed by atoms with E-state index in [-0.39, 0.29) is 12.4 Å². The van der Waals surface area contributed by atoms with Crippen LogP contribution >= 0.6 is 0 Å². The van der Waals surface area contributed by atoms with Crippen LogP contribution in [-0.2, 0) is 0 Å². The van der Waals surface area contributed by atoms with Crippen LogP contribution in [0.15, 0.2) is 24.3 Å². The van der Waals surface area contributed by atoms with Crippen LogP contribution in [0.3, 0.4) is 0 Å². The third-order valence-electron chi connectivity index (χ3n) is 2.44. The summed E-state index contributed by atoms with van der Waals surface area (Å²) < 4.78 is 0. The Bertz CT molecular complexity index is 347. The van der Waals surface area contributed by atoms with Crippen LogP contribution in [0, 0.1) is 0 Å². The van der Waals surface area contributed by atoms with Crippen molar-refractivity contribution in [3.63, 3.8) is 0 Å². The van der Waals surface area contributed by atoms with E-state index >= 15 is 0 Å². The minimum absolute atomic E-state index is 0.0589. The Morgan fingerprint density at radius 1 is 1.44 bits per heavy atom. The topological polar surface area (TPSA) is 66.6 Å². The number of carbonyl (C=O) groups excluding carboxylic acids is 1. The average Bonchev–Trinajstić information content (AvgIpc) is 2.28. The summed E-state index contributed by atoms with van der Waals surface area (Å²) in [4.78, 5) is 13.5. The fourth-order valence-corrected chi connectivity index (χ4v) is 1.42. The molecule has 0 aliphatic heterocycles. The summed E-state index contributed by atoms with van der Waals surface area (Å²) in [5.74, 6) is -0.0589. The highest BCUT2D eigenvalue weighted by molar-refractivity contribution is 5.99. The minimum atomic E-state index is -0.471. The highest BCUT2D eigenvalue weighted by atomic mass is 16.3. The number of likely N-dealkylation sites (N-methyl/N-ethyl adjacent to an activating group) is 1. The lowest BCUT2D eigenvalue weighted by Crippen LogP contribution is -2.26. The van der Waals surface area contributed by atoms with Crippen LogP contribution in [0.4, 0.5) is 5.69 Å². The molecule has 1 aromatic carbocycles. The highest BCUT2D eigenvalue weighted by Crippen LogP contribution is 2.14. The Kier molecular flexibility index (Phi) is 4.46. The Morgan fingerprint density at radius 3 is 2.44 bits per heavy atom. The molecule has 0 spiro atoms. The van der Waals surface area contributed by atoms with Gasteiger partial charge in [0, 0.05) is 24.8 Å². The van der Waals surface area contributed by atoms with Crippen molar-refractivity contribution in [2.75, 3.05) is 25.1 Å². The number of Topliss-reactive ketones (excluding diaryl/α,β-unsaturated/α-hetero) is 1. The Hall–Kier alpha value is -1.39. The molecule has 0 radical (unpaired) electrons. The predicted octanol–water partition coefficient (Wildman–Crippen LogP) is 0.645. The molecule has 0 heterocycles. The number of nitrogens with two attached hydrogens (primary N) is 1. The largest absolute Gasteiger partial charge is 0.395 e. The summed E-state index contributed by atoms with van der Waals surface area (Å²) in [7, 11) is 1.89. The molecule has 1 aromatic rings. The first-order chi connectivity index (χ1) is 7.56. The van der Waals surface area contributed by atoms with E-state index in [1.54, 1.807) is 19.1 Å². The van der Waals surface area contributed by atoms with E-state index in [2.05, 4.69) is 0 Å². The van der Waals surface area contributed by atoms with Gasteiger partial charge in [0.15, 0.2) is 5.78 Å². The zero-order valence-corrected chi connectivity index (χ0v) is 9.68. The third-order valence-corrected chi connectivity index (χ3v) is 2.44. The molecule has 1 unspecified atom stereocenters. The highest BCUT2D eigenvalue weighted by Gasteiger charge is 2.10. The van der Waals surface area contributed by atoms with Crippen LogP contribution in [0.2, 0.25) is 0 Å². The Labute approximate surface area is 95.7 Å². The Morgan fingerprint density at radius 2 is 2.00 bits per heavy atom. The van der Waals surface area contributed by atoms with E-state index < -0.39 is 6.04 Å². The maximum atomic E-state index is 11.6. The van der Waals surface area contributed by atoms with Gasteiger partial charge >= 0.3 is 0 Å². The molecule has 1 atom stereocenters. The molecule has 16 heavy (non-hydrogen) atoms. The van der Waals surface area contributed by atoms with Crippen molar-refractivity contribution >= 4 is 11.5 Å². The van der Waals surface area contributed by atoms with Crippen molar-refractivity contribution in [3.05, 3.63) is 29.8 Å². The fourth-order valence-electron chi connectivity index (χ4n) is 1.42. The first-order valence-electron chi connectivity index (χ1n) is 5.28. The summed E-state index contributed by atoms with van der Waals surface area (Å²) in [6, 6.07) is 6.75. The molecular weight excluding hydrogens is 204 g/mol. The molecule has 4 nitrogen and oxygen atoms in total. The molecule has 0 fully saturated rings. The molecule has 4 heteroatoms. The van der Waals surface area contributed by atoms with E-state index in [4.69, 9.17) is 10.8 Å². The minimum Gasteiger partial charge on any atom is -0.395 e. The number of rotatable bonds is 5. The smallest absolute Gasteiger partial charge is 0.179 e. The van der Waals surface area contributed by atoms with Crippen LogP contribution in [-0.4, -0.2) is 37.1 Å². The number of aliphatic hydroxyl groups is 1. The van der Waals surface area contributed by atoms with E-state index in [1.165, 1.54) is 0 Å².